The summed E-state index contributed by atoms with van der Waals surface area (Å²) in [5.41, 5.74) is 0.746. The molecule has 0 amide bonds. The van der Waals surface area contributed by atoms with Crippen LogP contribution in [0.5, 0.6) is 0 Å². The van der Waals surface area contributed by atoms with Gasteiger partial charge in [-0.05, 0) is 19.4 Å². The van der Waals surface area contributed by atoms with Crippen molar-refractivity contribution in [2.75, 3.05) is 13.2 Å². The van der Waals surface area contributed by atoms with E-state index in [-0.39, 0.29) is 49.4 Å². The van der Waals surface area contributed by atoms with Crippen LogP contribution in [0, 0.1) is 0 Å². The number of carbonyl (C=O) groups excluding carboxylic acids is 2. The van der Waals surface area contributed by atoms with Gasteiger partial charge in [-0.3, -0.25) is 0 Å². The van der Waals surface area contributed by atoms with Gasteiger partial charge < -0.3 is 19.3 Å². The van der Waals surface area contributed by atoms with Crippen LogP contribution in [0.4, 0.5) is 0 Å². The first-order valence-electron chi connectivity index (χ1n) is 6.52. The minimum Gasteiger partial charge on any atom is -0.865 e. The first-order valence-corrected chi connectivity index (χ1v) is 6.52. The molecule has 7 heteroatoms. The topological polar surface area (TPSA) is 84.9 Å². The summed E-state index contributed by atoms with van der Waals surface area (Å²) in [7, 11) is 0. The summed E-state index contributed by atoms with van der Waals surface area (Å²) in [5.74, 6) is -3.94. The fourth-order valence-electron chi connectivity index (χ4n) is 1.43. The Bertz CT molecular complexity index is 512. The predicted molar refractivity (Wildman–Crippen MR) is 71.5 cm³/mol. The standard InChI is InChI=1S/C15H18O6.Na/c1-3-19-14(17)12(16)13(15(18)20-4-2)21-10-11-8-6-5-7-9-11;/h5-9,16H,3-4,10H2,1-2H3;/q;+1/p-1/b13-12+;. The first kappa shape index (κ1) is 20.5. The van der Waals surface area contributed by atoms with Gasteiger partial charge in [0.15, 0.2) is 0 Å². The molecule has 1 rings (SSSR count). The molecule has 0 saturated carbocycles. The van der Waals surface area contributed by atoms with E-state index in [1.165, 1.54) is 0 Å². The Morgan fingerprint density at radius 1 is 0.955 bits per heavy atom. The minimum atomic E-state index is -1.15. The monoisotopic (exact) mass is 316 g/mol. The van der Waals surface area contributed by atoms with Gasteiger partial charge in [0.25, 0.3) is 0 Å². The van der Waals surface area contributed by atoms with Crippen molar-refractivity contribution >= 4 is 11.9 Å². The van der Waals surface area contributed by atoms with E-state index >= 15 is 0 Å². The van der Waals surface area contributed by atoms with Gasteiger partial charge >= 0.3 is 41.5 Å². The Labute approximate surface area is 151 Å². The third-order valence-corrected chi connectivity index (χ3v) is 2.35. The molecule has 0 aliphatic rings. The third kappa shape index (κ3) is 6.51. The third-order valence-electron chi connectivity index (χ3n) is 2.35. The molecule has 0 bridgehead atoms. The van der Waals surface area contributed by atoms with E-state index in [1.807, 2.05) is 6.07 Å². The zero-order valence-electron chi connectivity index (χ0n) is 13.0. The van der Waals surface area contributed by atoms with Gasteiger partial charge in [0.05, 0.1) is 13.2 Å². The zero-order valence-corrected chi connectivity index (χ0v) is 15.0. The van der Waals surface area contributed by atoms with Crippen LogP contribution >= 0.6 is 0 Å². The average molecular weight is 316 g/mol. The van der Waals surface area contributed by atoms with Crippen molar-refractivity contribution in [1.82, 2.24) is 0 Å². The van der Waals surface area contributed by atoms with Crippen molar-refractivity contribution in [3.63, 3.8) is 0 Å². The molecule has 0 spiro atoms. The molecule has 0 heterocycles. The van der Waals surface area contributed by atoms with E-state index in [9.17, 15) is 14.7 Å². The van der Waals surface area contributed by atoms with Crippen LogP contribution in [0.15, 0.2) is 41.9 Å². The molecule has 0 atom stereocenters. The summed E-state index contributed by atoms with van der Waals surface area (Å²) in [6, 6.07) is 8.92. The van der Waals surface area contributed by atoms with Crippen molar-refractivity contribution in [3.05, 3.63) is 47.4 Å². The van der Waals surface area contributed by atoms with Gasteiger partial charge in [-0.25, -0.2) is 9.59 Å². The molecule has 6 nitrogen and oxygen atoms in total. The molecular weight excluding hydrogens is 299 g/mol. The molecular formula is C15H17NaO6. The maximum absolute atomic E-state index is 11.8. The fourth-order valence-corrected chi connectivity index (χ4v) is 1.43. The number of rotatable bonds is 7. The van der Waals surface area contributed by atoms with Crippen LogP contribution in [0.1, 0.15) is 19.4 Å². The Morgan fingerprint density at radius 3 is 2.05 bits per heavy atom. The second kappa shape index (κ2) is 11.1. The molecule has 0 fully saturated rings. The first-order chi connectivity index (χ1) is 10.1. The molecule has 0 aliphatic heterocycles. The van der Waals surface area contributed by atoms with Crippen LogP contribution in [0.25, 0.3) is 0 Å². The number of benzene rings is 1. The molecule has 0 saturated heterocycles. The normalized spacial score (nSPS) is 10.8. The average Bonchev–Trinajstić information content (AvgIpc) is 2.49. The molecule has 0 N–H and O–H groups in total. The van der Waals surface area contributed by atoms with Crippen molar-refractivity contribution in [2.24, 2.45) is 0 Å². The Hall–Kier alpha value is -1.50. The second-order valence-corrected chi connectivity index (χ2v) is 3.87. The molecule has 0 aromatic heterocycles. The molecule has 114 valence electrons. The van der Waals surface area contributed by atoms with Crippen molar-refractivity contribution in [3.8, 4) is 0 Å². The van der Waals surface area contributed by atoms with Crippen molar-refractivity contribution < 1.29 is 58.5 Å². The number of ether oxygens (including phenoxy) is 3. The summed E-state index contributed by atoms with van der Waals surface area (Å²) < 4.78 is 14.4. The summed E-state index contributed by atoms with van der Waals surface area (Å²) in [5, 5.41) is 11.8. The quantitative estimate of drug-likeness (QED) is 0.248. The SMILES string of the molecule is CCOC(=O)/C([O-])=C(\OCc1ccccc1)C(=O)OCC.[Na+]. The summed E-state index contributed by atoms with van der Waals surface area (Å²) in [6.45, 7) is 3.20. The van der Waals surface area contributed by atoms with E-state index < -0.39 is 23.5 Å². The maximum Gasteiger partial charge on any atom is 1.00 e. The number of hydrogen-bond donors (Lipinski definition) is 0. The van der Waals surface area contributed by atoms with Gasteiger partial charge in [-0.15, -0.1) is 0 Å². The van der Waals surface area contributed by atoms with Crippen LogP contribution in [0.3, 0.4) is 0 Å². The molecule has 0 unspecified atom stereocenters. The molecule has 22 heavy (non-hydrogen) atoms. The fraction of sp³-hybridized carbons (Fsp3) is 0.333. The number of hydrogen-bond acceptors (Lipinski definition) is 6. The van der Waals surface area contributed by atoms with Crippen LogP contribution in [-0.4, -0.2) is 25.2 Å². The van der Waals surface area contributed by atoms with Gasteiger partial charge in [0.2, 0.25) is 5.76 Å². The van der Waals surface area contributed by atoms with Gasteiger partial charge in [0, 0.05) is 5.76 Å². The predicted octanol–water partition coefficient (Wildman–Crippen LogP) is -2.09. The van der Waals surface area contributed by atoms with E-state index in [2.05, 4.69) is 4.74 Å². The Morgan fingerprint density at radius 2 is 1.50 bits per heavy atom. The van der Waals surface area contributed by atoms with Crippen LogP contribution in [-0.2, 0) is 30.4 Å². The maximum atomic E-state index is 11.8. The Balaban J connectivity index is 0.00000441. The van der Waals surface area contributed by atoms with E-state index in [1.54, 1.807) is 38.1 Å². The second-order valence-electron chi connectivity index (χ2n) is 3.87. The van der Waals surface area contributed by atoms with E-state index in [0.29, 0.717) is 0 Å². The summed E-state index contributed by atoms with van der Waals surface area (Å²) in [6.07, 6.45) is 0. The number of carbonyl (C=O) groups is 2. The van der Waals surface area contributed by atoms with Crippen molar-refractivity contribution in [2.45, 2.75) is 20.5 Å². The summed E-state index contributed by atoms with van der Waals surface area (Å²) in [4.78, 5) is 23.1. The Kier molecular flexibility index (Phi) is 10.4. The van der Waals surface area contributed by atoms with E-state index in [4.69, 9.17) is 9.47 Å². The zero-order chi connectivity index (χ0) is 15.7. The molecule has 0 radical (unpaired) electrons. The molecule has 1 aromatic rings. The summed E-state index contributed by atoms with van der Waals surface area (Å²) >= 11 is 0. The van der Waals surface area contributed by atoms with Gasteiger partial charge in [-0.1, -0.05) is 30.3 Å². The molecule has 0 aliphatic carbocycles. The van der Waals surface area contributed by atoms with Crippen LogP contribution in [0.2, 0.25) is 0 Å². The van der Waals surface area contributed by atoms with Crippen LogP contribution < -0.4 is 34.7 Å². The largest absolute Gasteiger partial charge is 1.00 e. The van der Waals surface area contributed by atoms with Crippen molar-refractivity contribution in [1.29, 1.82) is 0 Å². The van der Waals surface area contributed by atoms with E-state index in [0.717, 1.165) is 5.56 Å². The smallest absolute Gasteiger partial charge is 0.865 e. The van der Waals surface area contributed by atoms with Gasteiger partial charge in [0.1, 0.15) is 6.61 Å². The van der Waals surface area contributed by atoms with Gasteiger partial charge in [-0.2, -0.15) is 0 Å². The minimum absolute atomic E-state index is 0. The molecule has 1 aromatic carbocycles. The number of esters is 2.